The monoisotopic (exact) mass is 275 g/mol. The van der Waals surface area contributed by atoms with E-state index in [-0.39, 0.29) is 6.10 Å². The molecule has 104 valence electrons. The van der Waals surface area contributed by atoms with Gasteiger partial charge in [-0.25, -0.2) is 4.79 Å². The van der Waals surface area contributed by atoms with Crippen LogP contribution in [0.2, 0.25) is 0 Å². The maximum Gasteiger partial charge on any atom is 0.409 e. The molecule has 1 aromatic carbocycles. The van der Waals surface area contributed by atoms with Gasteiger partial charge in [0.1, 0.15) is 17.6 Å². The predicted molar refractivity (Wildman–Crippen MR) is 67.3 cm³/mol. The number of hydrogen-bond acceptors (Lipinski definition) is 6. The fraction of sp³-hybridized carbons (Fsp3) is 0.333. The number of fused-ring (bicyclic) bond motifs is 1. The van der Waals surface area contributed by atoms with Crippen LogP contribution in [-0.4, -0.2) is 32.8 Å². The molecule has 0 radical (unpaired) electrons. The predicted octanol–water partition coefficient (Wildman–Crippen LogP) is 0.593. The van der Waals surface area contributed by atoms with Crippen LogP contribution >= 0.6 is 0 Å². The van der Waals surface area contributed by atoms with Gasteiger partial charge in [0.2, 0.25) is 0 Å². The van der Waals surface area contributed by atoms with Crippen LogP contribution in [-0.2, 0) is 12.8 Å². The van der Waals surface area contributed by atoms with Gasteiger partial charge in [0.25, 0.3) is 0 Å². The van der Waals surface area contributed by atoms with Crippen LogP contribution in [0.5, 0.6) is 11.5 Å². The summed E-state index contributed by atoms with van der Waals surface area (Å²) in [5.74, 6) is 1.84. The molecule has 0 spiro atoms. The van der Waals surface area contributed by atoms with Crippen LogP contribution in [0.15, 0.2) is 18.2 Å². The lowest BCUT2D eigenvalue weighted by atomic mass is 10.00. The van der Waals surface area contributed by atoms with Crippen molar-refractivity contribution < 1.29 is 14.3 Å². The van der Waals surface area contributed by atoms with Crippen molar-refractivity contribution in [1.82, 2.24) is 20.6 Å². The van der Waals surface area contributed by atoms with Gasteiger partial charge in [0, 0.05) is 6.42 Å². The van der Waals surface area contributed by atoms with E-state index in [2.05, 4.69) is 20.6 Å². The fourth-order valence-corrected chi connectivity index (χ4v) is 2.22. The van der Waals surface area contributed by atoms with Crippen molar-refractivity contribution in [2.45, 2.75) is 25.4 Å². The molecule has 1 aliphatic rings. The molecule has 0 saturated heterocycles. The molecule has 1 aromatic heterocycles. The van der Waals surface area contributed by atoms with Crippen molar-refractivity contribution in [1.29, 1.82) is 0 Å². The molecule has 2 aromatic rings. The number of nitrogens with one attached hydrogen (secondary N) is 1. The number of aryl methyl sites for hydroxylation is 1. The number of nitrogens with two attached hydrogens (primary N) is 1. The average molecular weight is 275 g/mol. The highest BCUT2D eigenvalue weighted by molar-refractivity contribution is 5.68. The van der Waals surface area contributed by atoms with Crippen molar-refractivity contribution in [3.05, 3.63) is 29.6 Å². The summed E-state index contributed by atoms with van der Waals surface area (Å²) >= 11 is 0. The molecule has 0 fully saturated rings. The molecular weight excluding hydrogens is 262 g/mol. The van der Waals surface area contributed by atoms with Crippen LogP contribution in [0.25, 0.3) is 0 Å². The lowest BCUT2D eigenvalue weighted by Gasteiger charge is -2.25. The van der Waals surface area contributed by atoms with Gasteiger partial charge in [-0.2, -0.15) is 5.21 Å². The van der Waals surface area contributed by atoms with E-state index in [1.54, 1.807) is 18.2 Å². The zero-order chi connectivity index (χ0) is 13.9. The van der Waals surface area contributed by atoms with E-state index < -0.39 is 6.09 Å². The minimum absolute atomic E-state index is 0.0167. The summed E-state index contributed by atoms with van der Waals surface area (Å²) in [4.78, 5) is 10.7. The minimum atomic E-state index is -0.823. The Bertz CT molecular complexity index is 614. The number of aromatic nitrogens is 4. The molecule has 8 heteroatoms. The lowest BCUT2D eigenvalue weighted by molar-refractivity contribution is 0.171. The van der Waals surface area contributed by atoms with Crippen LogP contribution in [0.3, 0.4) is 0 Å². The first-order valence-corrected chi connectivity index (χ1v) is 6.20. The number of hydrogen-bond donors (Lipinski definition) is 2. The Morgan fingerprint density at radius 3 is 3.20 bits per heavy atom. The summed E-state index contributed by atoms with van der Waals surface area (Å²) in [7, 11) is 0. The number of benzene rings is 1. The number of tetrazole rings is 1. The van der Waals surface area contributed by atoms with Crippen LogP contribution < -0.4 is 15.2 Å². The van der Waals surface area contributed by atoms with E-state index in [0.717, 1.165) is 24.2 Å². The largest absolute Gasteiger partial charge is 0.490 e. The number of H-pyrrole nitrogens is 1. The summed E-state index contributed by atoms with van der Waals surface area (Å²) in [5.41, 5.74) is 5.98. The summed E-state index contributed by atoms with van der Waals surface area (Å²) in [6.45, 7) is 0. The van der Waals surface area contributed by atoms with E-state index in [1.165, 1.54) is 0 Å². The summed E-state index contributed by atoms with van der Waals surface area (Å²) in [6.07, 6.45) is 1.46. The number of rotatable bonds is 3. The first-order chi connectivity index (χ1) is 9.70. The van der Waals surface area contributed by atoms with E-state index in [4.69, 9.17) is 15.2 Å². The fourth-order valence-electron chi connectivity index (χ4n) is 2.22. The maximum absolute atomic E-state index is 10.7. The lowest BCUT2D eigenvalue weighted by Crippen LogP contribution is -2.25. The first-order valence-electron chi connectivity index (χ1n) is 6.20. The highest BCUT2D eigenvalue weighted by atomic mass is 16.5. The molecule has 1 aliphatic heterocycles. The second-order valence-corrected chi connectivity index (χ2v) is 4.50. The highest BCUT2D eigenvalue weighted by Crippen LogP contribution is 2.31. The Morgan fingerprint density at radius 2 is 2.45 bits per heavy atom. The molecule has 3 rings (SSSR count). The molecule has 0 aliphatic carbocycles. The number of ether oxygens (including phenoxy) is 2. The molecule has 8 nitrogen and oxygen atoms in total. The van der Waals surface area contributed by atoms with E-state index in [9.17, 15) is 4.79 Å². The molecule has 2 heterocycles. The van der Waals surface area contributed by atoms with Crippen LogP contribution in [0.1, 0.15) is 17.8 Å². The SMILES string of the molecule is NC(=O)Oc1ccc2c(c1)CCC(Cc1nn[nH]n1)O2. The number of carbonyl (C=O) groups excluding carboxylic acids is 1. The van der Waals surface area contributed by atoms with Crippen molar-refractivity contribution in [3.63, 3.8) is 0 Å². The Balaban J connectivity index is 1.70. The van der Waals surface area contributed by atoms with Gasteiger partial charge in [-0.05, 0) is 36.6 Å². The standard InChI is InChI=1S/C12H13N5O3/c13-12(18)20-8-3-4-10-7(5-8)1-2-9(19-10)6-11-14-16-17-15-11/h3-5,9H,1-2,6H2,(H2,13,18)(H,14,15,16,17). The molecule has 1 atom stereocenters. The molecule has 20 heavy (non-hydrogen) atoms. The van der Waals surface area contributed by atoms with Gasteiger partial charge < -0.3 is 15.2 Å². The third-order valence-electron chi connectivity index (χ3n) is 3.08. The molecule has 1 unspecified atom stereocenters. The molecule has 0 saturated carbocycles. The molecule has 3 N–H and O–H groups in total. The molecule has 1 amide bonds. The van der Waals surface area contributed by atoms with Gasteiger partial charge in [-0.15, -0.1) is 10.2 Å². The van der Waals surface area contributed by atoms with Crippen molar-refractivity contribution >= 4 is 6.09 Å². The van der Waals surface area contributed by atoms with Crippen molar-refractivity contribution in [2.24, 2.45) is 5.73 Å². The highest BCUT2D eigenvalue weighted by Gasteiger charge is 2.22. The summed E-state index contributed by atoms with van der Waals surface area (Å²) in [5, 5.41) is 13.8. The Labute approximate surface area is 114 Å². The Kier molecular flexibility index (Phi) is 3.20. The minimum Gasteiger partial charge on any atom is -0.490 e. The number of aromatic amines is 1. The Hall–Kier alpha value is -2.64. The molecular formula is C12H13N5O3. The number of nitrogens with zero attached hydrogens (tertiary/aromatic N) is 3. The van der Waals surface area contributed by atoms with Crippen LogP contribution in [0, 0.1) is 0 Å². The van der Waals surface area contributed by atoms with Crippen molar-refractivity contribution in [3.8, 4) is 11.5 Å². The van der Waals surface area contributed by atoms with Gasteiger partial charge in [0.05, 0.1) is 0 Å². The zero-order valence-electron chi connectivity index (χ0n) is 10.6. The van der Waals surface area contributed by atoms with Gasteiger partial charge >= 0.3 is 6.09 Å². The quantitative estimate of drug-likeness (QED) is 0.847. The second kappa shape index (κ2) is 5.16. The number of primary amides is 1. The van der Waals surface area contributed by atoms with Gasteiger partial charge in [-0.1, -0.05) is 5.21 Å². The average Bonchev–Trinajstić information content (AvgIpc) is 2.91. The van der Waals surface area contributed by atoms with E-state index in [0.29, 0.717) is 18.0 Å². The second-order valence-electron chi connectivity index (χ2n) is 4.50. The van der Waals surface area contributed by atoms with Gasteiger partial charge in [0.15, 0.2) is 5.82 Å². The Morgan fingerprint density at radius 1 is 1.55 bits per heavy atom. The summed E-state index contributed by atoms with van der Waals surface area (Å²) < 4.78 is 10.7. The number of carbonyl (C=O) groups is 1. The smallest absolute Gasteiger partial charge is 0.409 e. The van der Waals surface area contributed by atoms with E-state index in [1.807, 2.05) is 0 Å². The third-order valence-corrected chi connectivity index (χ3v) is 3.08. The zero-order valence-corrected chi connectivity index (χ0v) is 10.6. The third kappa shape index (κ3) is 2.68. The summed E-state index contributed by atoms with van der Waals surface area (Å²) in [6, 6.07) is 5.20. The van der Waals surface area contributed by atoms with Crippen LogP contribution in [0.4, 0.5) is 4.79 Å². The number of amides is 1. The van der Waals surface area contributed by atoms with Crippen molar-refractivity contribution in [2.75, 3.05) is 0 Å². The maximum atomic E-state index is 10.7. The molecule has 0 bridgehead atoms. The topological polar surface area (TPSA) is 116 Å². The van der Waals surface area contributed by atoms with E-state index >= 15 is 0 Å². The normalized spacial score (nSPS) is 17.1. The first kappa shape index (κ1) is 12.4. The van der Waals surface area contributed by atoms with Gasteiger partial charge in [-0.3, -0.25) is 0 Å².